The van der Waals surface area contributed by atoms with E-state index in [1.165, 1.54) is 22.9 Å². The molecular formula is C22H15Br2N3O3S. The molecule has 0 radical (unpaired) electrons. The van der Waals surface area contributed by atoms with E-state index in [0.29, 0.717) is 21.4 Å². The van der Waals surface area contributed by atoms with Gasteiger partial charge in [-0.25, -0.2) is 0 Å². The number of carbonyl (C=O) groups is 1. The van der Waals surface area contributed by atoms with E-state index >= 15 is 0 Å². The summed E-state index contributed by atoms with van der Waals surface area (Å²) < 4.78 is 7.18. The van der Waals surface area contributed by atoms with Gasteiger partial charge in [-0.1, -0.05) is 44.0 Å². The van der Waals surface area contributed by atoms with Crippen LogP contribution in [0.2, 0.25) is 0 Å². The summed E-state index contributed by atoms with van der Waals surface area (Å²) in [6.07, 6.45) is 4.83. The zero-order valence-corrected chi connectivity index (χ0v) is 19.9. The summed E-state index contributed by atoms with van der Waals surface area (Å²) in [4.78, 5) is 15.1. The number of hydrogen-bond donors (Lipinski definition) is 1. The number of amides is 1. The van der Waals surface area contributed by atoms with Gasteiger partial charge < -0.3 is 9.52 Å². The first-order valence-electron chi connectivity index (χ1n) is 9.08. The zero-order chi connectivity index (χ0) is 21.8. The molecule has 1 aliphatic rings. The Morgan fingerprint density at radius 1 is 1.10 bits per heavy atom. The van der Waals surface area contributed by atoms with Crippen molar-refractivity contribution in [3.8, 4) is 5.75 Å². The highest BCUT2D eigenvalue weighted by Crippen LogP contribution is 2.34. The number of rotatable bonds is 5. The lowest BCUT2D eigenvalue weighted by Gasteiger charge is -2.12. The second kappa shape index (κ2) is 9.67. The van der Waals surface area contributed by atoms with E-state index in [0.717, 1.165) is 14.5 Å². The van der Waals surface area contributed by atoms with Gasteiger partial charge in [-0.2, -0.15) is 5.10 Å². The largest absolute Gasteiger partial charge is 0.507 e. The Kier molecular flexibility index (Phi) is 6.74. The molecule has 0 saturated carbocycles. The molecule has 0 atom stereocenters. The first-order chi connectivity index (χ1) is 15.0. The number of furan rings is 1. The van der Waals surface area contributed by atoms with Crippen molar-refractivity contribution < 1.29 is 14.3 Å². The maximum Gasteiger partial charge on any atom is 0.267 e. The summed E-state index contributed by atoms with van der Waals surface area (Å²) in [5, 5.41) is 18.7. The molecule has 1 aliphatic heterocycles. The fraction of sp³-hybridized carbons (Fsp3) is 0.0455. The predicted molar refractivity (Wildman–Crippen MR) is 130 cm³/mol. The molecule has 0 bridgehead atoms. The van der Waals surface area contributed by atoms with Gasteiger partial charge in [-0.15, -0.1) is 5.10 Å². The Bertz CT molecular complexity index is 1190. The first-order valence-corrected chi connectivity index (χ1v) is 11.5. The van der Waals surface area contributed by atoms with E-state index in [-0.39, 0.29) is 18.2 Å². The maximum absolute atomic E-state index is 13.1. The summed E-state index contributed by atoms with van der Waals surface area (Å²) in [5.74, 6) is 0.550. The maximum atomic E-state index is 13.1. The van der Waals surface area contributed by atoms with Crippen LogP contribution in [0.3, 0.4) is 0 Å². The summed E-state index contributed by atoms with van der Waals surface area (Å²) in [5.41, 5.74) is 1.41. The normalized spacial score (nSPS) is 16.8. The van der Waals surface area contributed by atoms with Crippen molar-refractivity contribution in [2.75, 3.05) is 0 Å². The number of benzene rings is 2. The standard InChI is InChI=1S/C22H15Br2N3O3S/c23-16-5-3-14(4-6-16)10-20-21(29)27(13-18-2-1-9-30-18)22(31-20)26-25-12-15-11-17(24)7-8-19(15)28/h1-12,28H,13H2/b20-10-,25-12+,26-22-. The van der Waals surface area contributed by atoms with Gasteiger partial charge in [0.25, 0.3) is 5.91 Å². The molecule has 1 N–H and O–H groups in total. The number of carbonyl (C=O) groups excluding carboxylic acids is 1. The Hall–Kier alpha value is -2.62. The number of amidine groups is 1. The van der Waals surface area contributed by atoms with Crippen LogP contribution in [-0.4, -0.2) is 27.3 Å². The predicted octanol–water partition coefficient (Wildman–Crippen LogP) is 6.02. The Morgan fingerprint density at radius 3 is 2.61 bits per heavy atom. The SMILES string of the molecule is O=C1/C(=C/c2ccc(Br)cc2)S/C(=N\N=C\c2cc(Br)ccc2O)N1Cc1ccco1. The van der Waals surface area contributed by atoms with Gasteiger partial charge in [-0.3, -0.25) is 9.69 Å². The molecule has 4 rings (SSSR count). The smallest absolute Gasteiger partial charge is 0.267 e. The number of aromatic hydroxyl groups is 1. The van der Waals surface area contributed by atoms with Crippen molar-refractivity contribution in [3.05, 3.63) is 91.6 Å². The van der Waals surface area contributed by atoms with Crippen LogP contribution in [0.4, 0.5) is 0 Å². The highest BCUT2D eigenvalue weighted by molar-refractivity contribution is 9.10. The van der Waals surface area contributed by atoms with Crippen molar-refractivity contribution in [2.45, 2.75) is 6.54 Å². The molecule has 31 heavy (non-hydrogen) atoms. The molecule has 0 aliphatic carbocycles. The fourth-order valence-electron chi connectivity index (χ4n) is 2.76. The van der Waals surface area contributed by atoms with E-state index in [2.05, 4.69) is 42.1 Å². The van der Waals surface area contributed by atoms with Gasteiger partial charge in [0.1, 0.15) is 11.5 Å². The molecule has 1 amide bonds. The molecule has 6 nitrogen and oxygen atoms in total. The van der Waals surface area contributed by atoms with Gasteiger partial charge >= 0.3 is 0 Å². The van der Waals surface area contributed by atoms with Gasteiger partial charge in [0.2, 0.25) is 0 Å². The molecule has 0 unspecified atom stereocenters. The molecule has 1 fully saturated rings. The van der Waals surface area contributed by atoms with Crippen LogP contribution in [0.15, 0.2) is 89.3 Å². The quantitative estimate of drug-likeness (QED) is 0.235. The van der Waals surface area contributed by atoms with Crippen molar-refractivity contribution >= 4 is 67.0 Å². The van der Waals surface area contributed by atoms with Crippen molar-refractivity contribution in [1.82, 2.24) is 4.90 Å². The lowest BCUT2D eigenvalue weighted by atomic mass is 10.2. The number of hydrogen-bond acceptors (Lipinski definition) is 6. The summed E-state index contributed by atoms with van der Waals surface area (Å²) in [6.45, 7) is 0.243. The van der Waals surface area contributed by atoms with E-state index in [1.807, 2.05) is 30.3 Å². The summed E-state index contributed by atoms with van der Waals surface area (Å²) in [6, 6.07) is 16.3. The molecule has 2 heterocycles. The van der Waals surface area contributed by atoms with Crippen LogP contribution in [0.1, 0.15) is 16.9 Å². The number of phenolic OH excluding ortho intramolecular Hbond substituents is 1. The first kappa shape index (κ1) is 21.6. The Balaban J connectivity index is 1.63. The van der Waals surface area contributed by atoms with Crippen molar-refractivity contribution in [2.24, 2.45) is 10.2 Å². The van der Waals surface area contributed by atoms with E-state index < -0.39 is 0 Å². The van der Waals surface area contributed by atoms with Gasteiger partial charge in [0.15, 0.2) is 5.17 Å². The lowest BCUT2D eigenvalue weighted by molar-refractivity contribution is -0.122. The van der Waals surface area contributed by atoms with E-state index in [9.17, 15) is 9.90 Å². The van der Waals surface area contributed by atoms with Crippen molar-refractivity contribution in [1.29, 1.82) is 0 Å². The fourth-order valence-corrected chi connectivity index (χ4v) is 4.34. The second-order valence-corrected chi connectivity index (χ2v) is 9.30. The van der Waals surface area contributed by atoms with E-state index in [1.54, 1.807) is 36.6 Å². The van der Waals surface area contributed by atoms with Crippen molar-refractivity contribution in [3.63, 3.8) is 0 Å². The highest BCUT2D eigenvalue weighted by atomic mass is 79.9. The summed E-state index contributed by atoms with van der Waals surface area (Å²) in [7, 11) is 0. The number of thioether (sulfide) groups is 1. The van der Waals surface area contributed by atoms with Crippen LogP contribution in [0, 0.1) is 0 Å². The van der Waals surface area contributed by atoms with Crippen LogP contribution >= 0.6 is 43.6 Å². The van der Waals surface area contributed by atoms with E-state index in [4.69, 9.17) is 4.42 Å². The Morgan fingerprint density at radius 2 is 1.87 bits per heavy atom. The number of phenols is 1. The molecule has 2 aromatic carbocycles. The second-order valence-electron chi connectivity index (χ2n) is 6.46. The molecule has 156 valence electrons. The van der Waals surface area contributed by atoms with Crippen LogP contribution in [0.5, 0.6) is 5.75 Å². The van der Waals surface area contributed by atoms with Crippen LogP contribution in [0.25, 0.3) is 6.08 Å². The molecule has 9 heteroatoms. The van der Waals surface area contributed by atoms with Crippen LogP contribution in [-0.2, 0) is 11.3 Å². The molecule has 3 aromatic rings. The topological polar surface area (TPSA) is 78.4 Å². The molecule has 1 saturated heterocycles. The van der Waals surface area contributed by atoms with Gasteiger partial charge in [0, 0.05) is 14.5 Å². The monoisotopic (exact) mass is 559 g/mol. The molecule has 1 aromatic heterocycles. The number of nitrogens with zero attached hydrogens (tertiary/aromatic N) is 3. The van der Waals surface area contributed by atoms with Crippen LogP contribution < -0.4 is 0 Å². The van der Waals surface area contributed by atoms with Gasteiger partial charge in [0.05, 0.1) is 23.9 Å². The average molecular weight is 561 g/mol. The third-order valence-electron chi connectivity index (χ3n) is 4.28. The minimum Gasteiger partial charge on any atom is -0.507 e. The third-order valence-corrected chi connectivity index (χ3v) is 6.30. The lowest BCUT2D eigenvalue weighted by Crippen LogP contribution is -2.28. The minimum absolute atomic E-state index is 0.0885. The third kappa shape index (κ3) is 5.36. The average Bonchev–Trinajstić information content (AvgIpc) is 3.36. The number of halogens is 2. The zero-order valence-electron chi connectivity index (χ0n) is 15.9. The highest BCUT2D eigenvalue weighted by Gasteiger charge is 2.34. The minimum atomic E-state index is -0.177. The molecule has 0 spiro atoms. The molecular weight excluding hydrogens is 546 g/mol. The Labute approximate surface area is 199 Å². The summed E-state index contributed by atoms with van der Waals surface area (Å²) >= 11 is 8.01. The van der Waals surface area contributed by atoms with Gasteiger partial charge in [-0.05, 0) is 65.9 Å².